The van der Waals surface area contributed by atoms with Crippen LogP contribution in [0.25, 0.3) is 0 Å². The van der Waals surface area contributed by atoms with Crippen molar-refractivity contribution >= 4 is 5.78 Å². The van der Waals surface area contributed by atoms with E-state index in [1.54, 1.807) is 0 Å². The molecule has 0 atom stereocenters. The molecule has 0 heterocycles. The van der Waals surface area contributed by atoms with Crippen molar-refractivity contribution in [2.45, 2.75) is 60.3 Å². The van der Waals surface area contributed by atoms with E-state index in [0.29, 0.717) is 6.42 Å². The third-order valence-corrected chi connectivity index (χ3v) is 3.55. The molecule has 0 amide bonds. The normalized spacial score (nSPS) is 10.6. The van der Waals surface area contributed by atoms with Crippen molar-refractivity contribution in [3.63, 3.8) is 0 Å². The van der Waals surface area contributed by atoms with Gasteiger partial charge >= 0.3 is 0 Å². The maximum absolute atomic E-state index is 12.3. The number of hydrogen-bond acceptors (Lipinski definition) is 2. The minimum atomic E-state index is 0.266. The fourth-order valence-corrected chi connectivity index (χ4v) is 2.30. The number of Topliss-reactive ketones (excluding diaryl/α,β-unsaturated/α-hetero) is 1. The quantitative estimate of drug-likeness (QED) is 0.661. The Morgan fingerprint density at radius 2 is 1.79 bits per heavy atom. The second-order valence-corrected chi connectivity index (χ2v) is 5.19. The van der Waals surface area contributed by atoms with Crippen LogP contribution in [0.1, 0.15) is 66.6 Å². The van der Waals surface area contributed by atoms with Crippen LogP contribution in [0.15, 0.2) is 6.07 Å². The van der Waals surface area contributed by atoms with Crippen molar-refractivity contribution in [1.29, 1.82) is 0 Å². The Balaban J connectivity index is 3.07. The van der Waals surface area contributed by atoms with Crippen LogP contribution in [0.2, 0.25) is 0 Å². The molecule has 0 aromatic heterocycles. The Kier molecular flexibility index (Phi) is 6.07. The van der Waals surface area contributed by atoms with Crippen molar-refractivity contribution in [3.8, 4) is 5.75 Å². The molecule has 2 heteroatoms. The Hall–Kier alpha value is -1.31. The summed E-state index contributed by atoms with van der Waals surface area (Å²) < 4.78 is 5.75. The van der Waals surface area contributed by atoms with E-state index in [0.717, 1.165) is 53.9 Å². The van der Waals surface area contributed by atoms with Gasteiger partial charge in [0.15, 0.2) is 5.78 Å². The van der Waals surface area contributed by atoms with Gasteiger partial charge in [0.2, 0.25) is 0 Å². The van der Waals surface area contributed by atoms with Crippen LogP contribution >= 0.6 is 0 Å². The van der Waals surface area contributed by atoms with Crippen molar-refractivity contribution in [2.24, 2.45) is 0 Å². The Morgan fingerprint density at radius 1 is 1.11 bits per heavy atom. The summed E-state index contributed by atoms with van der Waals surface area (Å²) >= 11 is 0. The number of ether oxygens (including phenoxy) is 1. The minimum Gasteiger partial charge on any atom is -0.493 e. The molecular formula is C17H26O2. The van der Waals surface area contributed by atoms with E-state index in [1.165, 1.54) is 0 Å². The summed E-state index contributed by atoms with van der Waals surface area (Å²) in [4.78, 5) is 12.3. The smallest absolute Gasteiger partial charge is 0.163 e. The summed E-state index contributed by atoms with van der Waals surface area (Å²) in [5, 5.41) is 0. The molecule has 19 heavy (non-hydrogen) atoms. The van der Waals surface area contributed by atoms with Gasteiger partial charge in [-0.1, -0.05) is 20.3 Å². The molecule has 1 aromatic rings. The van der Waals surface area contributed by atoms with Gasteiger partial charge in [-0.05, 0) is 56.4 Å². The van der Waals surface area contributed by atoms with Crippen molar-refractivity contribution < 1.29 is 9.53 Å². The van der Waals surface area contributed by atoms with Gasteiger partial charge in [0.05, 0.1) is 6.61 Å². The second kappa shape index (κ2) is 7.32. The lowest BCUT2D eigenvalue weighted by Crippen LogP contribution is -2.08. The number of rotatable bonds is 7. The van der Waals surface area contributed by atoms with E-state index in [1.807, 2.05) is 26.8 Å². The van der Waals surface area contributed by atoms with Crippen molar-refractivity contribution in [3.05, 3.63) is 28.3 Å². The third kappa shape index (κ3) is 3.82. The molecule has 106 valence electrons. The largest absolute Gasteiger partial charge is 0.493 e. The van der Waals surface area contributed by atoms with Gasteiger partial charge in [0, 0.05) is 12.0 Å². The summed E-state index contributed by atoms with van der Waals surface area (Å²) in [6.07, 6.45) is 3.66. The molecule has 0 fully saturated rings. The van der Waals surface area contributed by atoms with Crippen molar-refractivity contribution in [2.75, 3.05) is 6.61 Å². The summed E-state index contributed by atoms with van der Waals surface area (Å²) in [5.41, 5.74) is 4.11. The molecule has 0 aliphatic rings. The first-order valence-electron chi connectivity index (χ1n) is 7.29. The molecule has 0 unspecified atom stereocenters. The van der Waals surface area contributed by atoms with Gasteiger partial charge in [-0.15, -0.1) is 0 Å². The summed E-state index contributed by atoms with van der Waals surface area (Å²) in [6.45, 7) is 11.0. The average molecular weight is 262 g/mol. The highest BCUT2D eigenvalue weighted by Gasteiger charge is 2.16. The molecule has 0 aliphatic carbocycles. The molecule has 1 aromatic carbocycles. The number of carbonyl (C=O) groups is 1. The number of aryl methyl sites for hydroxylation is 1. The molecule has 0 bridgehead atoms. The Morgan fingerprint density at radius 3 is 2.37 bits per heavy atom. The van der Waals surface area contributed by atoms with E-state index >= 15 is 0 Å². The van der Waals surface area contributed by atoms with Gasteiger partial charge in [-0.2, -0.15) is 0 Å². The first-order valence-corrected chi connectivity index (χ1v) is 7.29. The lowest BCUT2D eigenvalue weighted by molar-refractivity contribution is 0.0978. The predicted molar refractivity (Wildman–Crippen MR) is 80.3 cm³/mol. The van der Waals surface area contributed by atoms with E-state index in [2.05, 4.69) is 13.8 Å². The molecule has 0 aliphatic heterocycles. The zero-order valence-corrected chi connectivity index (χ0v) is 12.9. The summed E-state index contributed by atoms with van der Waals surface area (Å²) in [5.74, 6) is 1.19. The lowest BCUT2D eigenvalue weighted by Gasteiger charge is -2.16. The maximum Gasteiger partial charge on any atom is 0.163 e. The van der Waals surface area contributed by atoms with Crippen LogP contribution in [-0.4, -0.2) is 12.4 Å². The zero-order valence-electron chi connectivity index (χ0n) is 12.9. The fourth-order valence-electron chi connectivity index (χ4n) is 2.30. The second-order valence-electron chi connectivity index (χ2n) is 5.19. The molecule has 0 spiro atoms. The van der Waals surface area contributed by atoms with Gasteiger partial charge in [0.1, 0.15) is 5.75 Å². The maximum atomic E-state index is 12.3. The lowest BCUT2D eigenvalue weighted by atomic mass is 9.92. The molecule has 0 radical (unpaired) electrons. The highest BCUT2D eigenvalue weighted by Crippen LogP contribution is 2.29. The molecule has 2 nitrogen and oxygen atoms in total. The number of ketones is 1. The molecule has 0 N–H and O–H groups in total. The average Bonchev–Trinajstić information content (AvgIpc) is 2.39. The molecular weight excluding hydrogens is 236 g/mol. The Bertz CT molecular complexity index is 447. The third-order valence-electron chi connectivity index (χ3n) is 3.55. The first kappa shape index (κ1) is 15.7. The van der Waals surface area contributed by atoms with Crippen LogP contribution in [0.3, 0.4) is 0 Å². The van der Waals surface area contributed by atoms with E-state index < -0.39 is 0 Å². The number of hydrogen-bond donors (Lipinski definition) is 0. The number of unbranched alkanes of at least 4 members (excludes halogenated alkanes) is 1. The van der Waals surface area contributed by atoms with E-state index in [9.17, 15) is 4.79 Å². The first-order chi connectivity index (χ1) is 9.02. The predicted octanol–water partition coefficient (Wildman–Crippen LogP) is 4.77. The SMILES string of the molecule is CCCCC(=O)c1c(C)cc(OCCC)c(C)c1C. The van der Waals surface area contributed by atoms with Crippen LogP contribution in [-0.2, 0) is 0 Å². The zero-order chi connectivity index (χ0) is 14.4. The van der Waals surface area contributed by atoms with Crippen LogP contribution < -0.4 is 4.74 Å². The van der Waals surface area contributed by atoms with E-state index in [-0.39, 0.29) is 5.78 Å². The number of carbonyl (C=O) groups excluding carboxylic acids is 1. The van der Waals surface area contributed by atoms with Gasteiger partial charge < -0.3 is 4.74 Å². The fraction of sp³-hybridized carbons (Fsp3) is 0.588. The topological polar surface area (TPSA) is 26.3 Å². The van der Waals surface area contributed by atoms with Crippen LogP contribution in [0.5, 0.6) is 5.75 Å². The monoisotopic (exact) mass is 262 g/mol. The molecule has 1 rings (SSSR count). The van der Waals surface area contributed by atoms with Gasteiger partial charge in [0.25, 0.3) is 0 Å². The Labute approximate surface area is 117 Å². The highest BCUT2D eigenvalue weighted by molar-refractivity contribution is 5.99. The van der Waals surface area contributed by atoms with Gasteiger partial charge in [-0.3, -0.25) is 4.79 Å². The summed E-state index contributed by atoms with van der Waals surface area (Å²) in [7, 11) is 0. The minimum absolute atomic E-state index is 0.266. The number of benzene rings is 1. The standard InChI is InChI=1S/C17H26O2/c1-6-8-9-15(18)17-12(3)11-16(19-10-7-2)13(4)14(17)5/h11H,6-10H2,1-5H3. The van der Waals surface area contributed by atoms with Crippen LogP contribution in [0.4, 0.5) is 0 Å². The van der Waals surface area contributed by atoms with E-state index in [4.69, 9.17) is 4.74 Å². The molecule has 0 saturated heterocycles. The van der Waals surface area contributed by atoms with Gasteiger partial charge in [-0.25, -0.2) is 0 Å². The summed E-state index contributed by atoms with van der Waals surface area (Å²) in [6, 6.07) is 2.01. The molecule has 0 saturated carbocycles. The van der Waals surface area contributed by atoms with Crippen molar-refractivity contribution in [1.82, 2.24) is 0 Å². The highest BCUT2D eigenvalue weighted by atomic mass is 16.5. The van der Waals surface area contributed by atoms with Crippen LogP contribution in [0, 0.1) is 20.8 Å².